The van der Waals surface area contributed by atoms with Crippen molar-refractivity contribution >= 4 is 11.6 Å². The highest BCUT2D eigenvalue weighted by Crippen LogP contribution is 2.18. The summed E-state index contributed by atoms with van der Waals surface area (Å²) >= 11 is 0. The molecule has 0 N–H and O–H groups in total. The fraction of sp³-hybridized carbons (Fsp3) is 0.320. The van der Waals surface area contributed by atoms with Crippen LogP contribution in [0.1, 0.15) is 47.0 Å². The standard InChI is InChI=1S/C25H30N2O2/c1-4-5-7-20-9-13-22(14-10-20)25(28)27(19-24-8-6-17-29-24)18-21-11-15-23(16-12-21)26(2)3/h6,8-17H,4-5,7,18-19H2,1-3H3. The van der Waals surface area contributed by atoms with E-state index >= 15 is 0 Å². The average molecular weight is 391 g/mol. The molecule has 3 aromatic rings. The van der Waals surface area contributed by atoms with E-state index < -0.39 is 0 Å². The van der Waals surface area contributed by atoms with Gasteiger partial charge in [0, 0.05) is 31.9 Å². The summed E-state index contributed by atoms with van der Waals surface area (Å²) in [6.45, 7) is 3.17. The number of hydrogen-bond donors (Lipinski definition) is 0. The number of benzene rings is 2. The monoisotopic (exact) mass is 390 g/mol. The van der Waals surface area contributed by atoms with Gasteiger partial charge in [-0.05, 0) is 60.4 Å². The number of carbonyl (C=O) groups excluding carboxylic acids is 1. The minimum atomic E-state index is 0.0140. The highest BCUT2D eigenvalue weighted by molar-refractivity contribution is 5.94. The van der Waals surface area contributed by atoms with Crippen LogP contribution in [0.2, 0.25) is 0 Å². The van der Waals surface area contributed by atoms with Crippen molar-refractivity contribution in [1.82, 2.24) is 4.90 Å². The van der Waals surface area contributed by atoms with Crippen molar-refractivity contribution in [3.8, 4) is 0 Å². The molecule has 0 spiro atoms. The molecule has 29 heavy (non-hydrogen) atoms. The Hall–Kier alpha value is -3.01. The third-order valence-electron chi connectivity index (χ3n) is 5.06. The maximum Gasteiger partial charge on any atom is 0.254 e. The summed E-state index contributed by atoms with van der Waals surface area (Å²) < 4.78 is 5.50. The van der Waals surface area contributed by atoms with Gasteiger partial charge in [0.05, 0.1) is 12.8 Å². The molecule has 1 aromatic heterocycles. The first-order valence-electron chi connectivity index (χ1n) is 10.2. The Labute approximate surface area is 173 Å². The van der Waals surface area contributed by atoms with Gasteiger partial charge in [-0.3, -0.25) is 4.79 Å². The summed E-state index contributed by atoms with van der Waals surface area (Å²) in [7, 11) is 4.04. The highest BCUT2D eigenvalue weighted by Gasteiger charge is 2.18. The molecule has 0 fully saturated rings. The molecule has 3 rings (SSSR count). The fourth-order valence-electron chi connectivity index (χ4n) is 3.29. The van der Waals surface area contributed by atoms with Gasteiger partial charge < -0.3 is 14.2 Å². The van der Waals surface area contributed by atoms with Gasteiger partial charge in [0.2, 0.25) is 0 Å². The largest absolute Gasteiger partial charge is 0.467 e. The zero-order valence-electron chi connectivity index (χ0n) is 17.6. The molecule has 4 heteroatoms. The van der Waals surface area contributed by atoms with Crippen LogP contribution in [0.25, 0.3) is 0 Å². The summed E-state index contributed by atoms with van der Waals surface area (Å²) in [6.07, 6.45) is 5.04. The third-order valence-corrected chi connectivity index (χ3v) is 5.06. The van der Waals surface area contributed by atoms with E-state index in [0.717, 1.165) is 23.4 Å². The van der Waals surface area contributed by atoms with E-state index in [4.69, 9.17) is 4.42 Å². The quantitative estimate of drug-likeness (QED) is 0.482. The van der Waals surface area contributed by atoms with E-state index in [1.54, 1.807) is 6.26 Å². The van der Waals surface area contributed by atoms with Gasteiger partial charge in [-0.2, -0.15) is 0 Å². The van der Waals surface area contributed by atoms with Crippen LogP contribution in [-0.4, -0.2) is 24.9 Å². The predicted molar refractivity (Wildman–Crippen MR) is 118 cm³/mol. The summed E-state index contributed by atoms with van der Waals surface area (Å²) in [5.41, 5.74) is 4.22. The van der Waals surface area contributed by atoms with Crippen LogP contribution >= 0.6 is 0 Å². The highest BCUT2D eigenvalue weighted by atomic mass is 16.3. The van der Waals surface area contributed by atoms with Gasteiger partial charge in [-0.25, -0.2) is 0 Å². The van der Waals surface area contributed by atoms with Crippen molar-refractivity contribution in [2.24, 2.45) is 0 Å². The lowest BCUT2D eigenvalue weighted by atomic mass is 10.1. The number of nitrogens with zero attached hydrogens (tertiary/aromatic N) is 2. The van der Waals surface area contributed by atoms with Crippen molar-refractivity contribution in [3.63, 3.8) is 0 Å². The van der Waals surface area contributed by atoms with Gasteiger partial charge in [0.1, 0.15) is 5.76 Å². The van der Waals surface area contributed by atoms with E-state index in [2.05, 4.69) is 48.2 Å². The van der Waals surface area contributed by atoms with Crippen molar-refractivity contribution in [3.05, 3.63) is 89.4 Å². The maximum atomic E-state index is 13.3. The molecule has 0 atom stereocenters. The number of unbranched alkanes of at least 4 members (excludes halogenated alkanes) is 1. The summed E-state index contributed by atoms with van der Waals surface area (Å²) in [5.74, 6) is 0.794. The van der Waals surface area contributed by atoms with Crippen LogP contribution < -0.4 is 4.90 Å². The van der Waals surface area contributed by atoms with Gasteiger partial charge in [0.25, 0.3) is 5.91 Å². The van der Waals surface area contributed by atoms with E-state index in [1.807, 2.05) is 43.3 Å². The lowest BCUT2D eigenvalue weighted by Gasteiger charge is -2.23. The van der Waals surface area contributed by atoms with Gasteiger partial charge >= 0.3 is 0 Å². The molecule has 0 radical (unpaired) electrons. The summed E-state index contributed by atoms with van der Waals surface area (Å²) in [4.78, 5) is 17.2. The van der Waals surface area contributed by atoms with Crippen LogP contribution in [0.3, 0.4) is 0 Å². The van der Waals surface area contributed by atoms with Crippen LogP contribution in [0.15, 0.2) is 71.3 Å². The Morgan fingerprint density at radius 3 is 2.17 bits per heavy atom. The Balaban J connectivity index is 1.77. The van der Waals surface area contributed by atoms with Crippen LogP contribution in [0.4, 0.5) is 5.69 Å². The molecule has 152 valence electrons. The second-order valence-corrected chi connectivity index (χ2v) is 7.60. The zero-order valence-corrected chi connectivity index (χ0v) is 17.6. The number of furan rings is 1. The molecule has 4 nitrogen and oxygen atoms in total. The molecule has 0 aliphatic rings. The second kappa shape index (κ2) is 9.97. The molecular weight excluding hydrogens is 360 g/mol. The first-order valence-corrected chi connectivity index (χ1v) is 10.2. The number of hydrogen-bond acceptors (Lipinski definition) is 3. The van der Waals surface area contributed by atoms with Crippen molar-refractivity contribution in [1.29, 1.82) is 0 Å². The van der Waals surface area contributed by atoms with Crippen molar-refractivity contribution in [2.75, 3.05) is 19.0 Å². The topological polar surface area (TPSA) is 36.7 Å². The summed E-state index contributed by atoms with van der Waals surface area (Å²) in [5, 5.41) is 0. The van der Waals surface area contributed by atoms with Crippen LogP contribution in [-0.2, 0) is 19.5 Å². The number of carbonyl (C=O) groups is 1. The van der Waals surface area contributed by atoms with E-state index in [-0.39, 0.29) is 5.91 Å². The molecule has 2 aromatic carbocycles. The Morgan fingerprint density at radius 2 is 1.59 bits per heavy atom. The van der Waals surface area contributed by atoms with Crippen LogP contribution in [0.5, 0.6) is 0 Å². The molecule has 0 saturated heterocycles. The lowest BCUT2D eigenvalue weighted by Crippen LogP contribution is -2.30. The molecule has 0 unspecified atom stereocenters. The SMILES string of the molecule is CCCCc1ccc(C(=O)N(Cc2ccc(N(C)C)cc2)Cc2ccco2)cc1. The normalized spacial score (nSPS) is 10.7. The fourth-order valence-corrected chi connectivity index (χ4v) is 3.29. The van der Waals surface area contributed by atoms with Crippen molar-refractivity contribution < 1.29 is 9.21 Å². The number of amides is 1. The Bertz CT molecular complexity index is 882. The molecule has 0 aliphatic carbocycles. The first kappa shape index (κ1) is 20.7. The number of anilines is 1. The molecule has 1 heterocycles. The minimum Gasteiger partial charge on any atom is -0.467 e. The maximum absolute atomic E-state index is 13.3. The predicted octanol–water partition coefficient (Wildman–Crippen LogP) is 5.53. The number of rotatable bonds is 9. The Morgan fingerprint density at radius 1 is 0.897 bits per heavy atom. The third kappa shape index (κ3) is 5.74. The van der Waals surface area contributed by atoms with Gasteiger partial charge in [-0.15, -0.1) is 0 Å². The minimum absolute atomic E-state index is 0.0140. The van der Waals surface area contributed by atoms with Crippen molar-refractivity contribution in [2.45, 2.75) is 39.3 Å². The molecule has 0 bridgehead atoms. The zero-order chi connectivity index (χ0) is 20.6. The summed E-state index contributed by atoms with van der Waals surface area (Å²) in [6, 6.07) is 20.1. The second-order valence-electron chi connectivity index (χ2n) is 7.60. The van der Waals surface area contributed by atoms with E-state index in [9.17, 15) is 4.79 Å². The molecule has 0 aliphatic heterocycles. The van der Waals surface area contributed by atoms with Gasteiger partial charge in [-0.1, -0.05) is 37.6 Å². The Kier molecular flexibility index (Phi) is 7.12. The first-order chi connectivity index (χ1) is 14.1. The molecular formula is C25H30N2O2. The van der Waals surface area contributed by atoms with Crippen LogP contribution in [0, 0.1) is 0 Å². The molecule has 1 amide bonds. The number of aryl methyl sites for hydroxylation is 1. The van der Waals surface area contributed by atoms with E-state index in [0.29, 0.717) is 18.7 Å². The molecule has 0 saturated carbocycles. The average Bonchev–Trinajstić information content (AvgIpc) is 3.25. The lowest BCUT2D eigenvalue weighted by molar-refractivity contribution is 0.0717. The van der Waals surface area contributed by atoms with E-state index in [1.165, 1.54) is 18.4 Å². The van der Waals surface area contributed by atoms with Gasteiger partial charge in [0.15, 0.2) is 0 Å². The smallest absolute Gasteiger partial charge is 0.254 e.